The molecule has 1 aliphatic heterocycles. The molecule has 1 fully saturated rings. The monoisotopic (exact) mass is 425 g/mol. The number of nitrogens with zero attached hydrogens (tertiary/aromatic N) is 4. The quantitative estimate of drug-likeness (QED) is 0.598. The lowest BCUT2D eigenvalue weighted by Crippen LogP contribution is -2.38. The van der Waals surface area contributed by atoms with Crippen LogP contribution in [0, 0.1) is 5.82 Å². The van der Waals surface area contributed by atoms with Crippen LogP contribution < -0.4 is 10.1 Å². The van der Waals surface area contributed by atoms with Gasteiger partial charge in [0, 0.05) is 43.4 Å². The predicted octanol–water partition coefficient (Wildman–Crippen LogP) is 4.48. The standard InChI is InChI=1S/C23H28FN5O2/c1-15(2)22-27-23(31-28-22)17-6-9-25-21(13-17)26-18-7-10-29(11-8-18)14-16-4-5-20(30-3)19(24)12-16/h4-6,9,12-13,15,18H,7-8,10-11,14H2,1-3H3,(H,25,26). The van der Waals surface area contributed by atoms with Gasteiger partial charge in [-0.05, 0) is 42.7 Å². The maximum Gasteiger partial charge on any atom is 0.258 e. The van der Waals surface area contributed by atoms with Crippen LogP contribution in [0.5, 0.6) is 5.75 Å². The molecule has 0 spiro atoms. The lowest BCUT2D eigenvalue weighted by molar-refractivity contribution is 0.211. The smallest absolute Gasteiger partial charge is 0.258 e. The number of nitrogens with one attached hydrogen (secondary N) is 1. The van der Waals surface area contributed by atoms with E-state index in [-0.39, 0.29) is 17.5 Å². The summed E-state index contributed by atoms with van der Waals surface area (Å²) in [5.74, 6) is 2.20. The highest BCUT2D eigenvalue weighted by atomic mass is 19.1. The second-order valence-corrected chi connectivity index (χ2v) is 8.21. The van der Waals surface area contributed by atoms with Crippen molar-refractivity contribution in [2.45, 2.75) is 45.2 Å². The summed E-state index contributed by atoms with van der Waals surface area (Å²) in [6.45, 7) is 6.67. The second kappa shape index (κ2) is 9.43. The van der Waals surface area contributed by atoms with Crippen molar-refractivity contribution in [3.8, 4) is 17.2 Å². The van der Waals surface area contributed by atoms with E-state index in [1.54, 1.807) is 18.3 Å². The number of benzene rings is 1. The Bertz CT molecular complexity index is 1010. The molecule has 31 heavy (non-hydrogen) atoms. The molecule has 0 aliphatic carbocycles. The zero-order chi connectivity index (χ0) is 21.8. The molecule has 8 heteroatoms. The molecule has 3 heterocycles. The first kappa shape index (κ1) is 21.2. The van der Waals surface area contributed by atoms with Gasteiger partial charge < -0.3 is 14.6 Å². The molecule has 0 unspecified atom stereocenters. The minimum atomic E-state index is -0.315. The van der Waals surface area contributed by atoms with E-state index in [0.717, 1.165) is 49.4 Å². The van der Waals surface area contributed by atoms with E-state index < -0.39 is 0 Å². The number of anilines is 1. The van der Waals surface area contributed by atoms with Crippen molar-refractivity contribution in [2.24, 2.45) is 0 Å². The third kappa shape index (κ3) is 5.19. The topological polar surface area (TPSA) is 76.3 Å². The first-order chi connectivity index (χ1) is 15.0. The van der Waals surface area contributed by atoms with Crippen LogP contribution in [0.2, 0.25) is 0 Å². The number of piperidine rings is 1. The molecule has 0 atom stereocenters. The minimum Gasteiger partial charge on any atom is -0.494 e. The fraction of sp³-hybridized carbons (Fsp3) is 0.435. The van der Waals surface area contributed by atoms with Gasteiger partial charge in [0.05, 0.1) is 7.11 Å². The van der Waals surface area contributed by atoms with Crippen LogP contribution in [-0.2, 0) is 6.54 Å². The number of pyridine rings is 1. The molecule has 0 radical (unpaired) electrons. The molecule has 2 aromatic heterocycles. The lowest BCUT2D eigenvalue weighted by Gasteiger charge is -2.32. The summed E-state index contributed by atoms with van der Waals surface area (Å²) >= 11 is 0. The summed E-state index contributed by atoms with van der Waals surface area (Å²) in [5.41, 5.74) is 1.82. The molecule has 164 valence electrons. The van der Waals surface area contributed by atoms with E-state index in [9.17, 15) is 4.39 Å². The summed E-state index contributed by atoms with van der Waals surface area (Å²) in [5, 5.41) is 7.56. The summed E-state index contributed by atoms with van der Waals surface area (Å²) in [6, 6.07) is 9.32. The first-order valence-corrected chi connectivity index (χ1v) is 10.6. The van der Waals surface area contributed by atoms with E-state index in [1.807, 2.05) is 32.0 Å². The molecule has 1 N–H and O–H groups in total. The van der Waals surface area contributed by atoms with Crippen LogP contribution in [0.3, 0.4) is 0 Å². The van der Waals surface area contributed by atoms with Crippen molar-refractivity contribution in [2.75, 3.05) is 25.5 Å². The Morgan fingerprint density at radius 1 is 1.23 bits per heavy atom. The van der Waals surface area contributed by atoms with E-state index in [2.05, 4.69) is 25.3 Å². The number of ether oxygens (including phenoxy) is 1. The van der Waals surface area contributed by atoms with Gasteiger partial charge in [-0.3, -0.25) is 4.90 Å². The number of likely N-dealkylation sites (tertiary alicyclic amines) is 1. The van der Waals surface area contributed by atoms with Gasteiger partial charge in [0.25, 0.3) is 5.89 Å². The number of aromatic nitrogens is 3. The molecule has 0 amide bonds. The molecular formula is C23H28FN5O2. The molecule has 1 saturated heterocycles. The van der Waals surface area contributed by atoms with Crippen molar-refractivity contribution in [3.63, 3.8) is 0 Å². The van der Waals surface area contributed by atoms with Gasteiger partial charge in [-0.2, -0.15) is 4.98 Å². The Morgan fingerprint density at radius 3 is 2.71 bits per heavy atom. The van der Waals surface area contributed by atoms with Gasteiger partial charge in [0.15, 0.2) is 17.4 Å². The highest BCUT2D eigenvalue weighted by Gasteiger charge is 2.20. The van der Waals surface area contributed by atoms with Gasteiger partial charge >= 0.3 is 0 Å². The van der Waals surface area contributed by atoms with Crippen molar-refractivity contribution < 1.29 is 13.7 Å². The Hall–Kier alpha value is -3.00. The van der Waals surface area contributed by atoms with Crippen LogP contribution in [0.4, 0.5) is 10.2 Å². The molecule has 3 aromatic rings. The second-order valence-electron chi connectivity index (χ2n) is 8.21. The lowest BCUT2D eigenvalue weighted by atomic mass is 10.0. The van der Waals surface area contributed by atoms with Crippen LogP contribution in [0.15, 0.2) is 41.1 Å². The van der Waals surface area contributed by atoms with Gasteiger partial charge in [-0.1, -0.05) is 25.1 Å². The maximum atomic E-state index is 13.9. The first-order valence-electron chi connectivity index (χ1n) is 10.6. The van der Waals surface area contributed by atoms with Gasteiger partial charge in [-0.25, -0.2) is 9.37 Å². The number of methoxy groups -OCH3 is 1. The summed E-state index contributed by atoms with van der Waals surface area (Å²) in [4.78, 5) is 11.2. The zero-order valence-electron chi connectivity index (χ0n) is 18.1. The Morgan fingerprint density at radius 2 is 2.03 bits per heavy atom. The zero-order valence-corrected chi connectivity index (χ0v) is 18.1. The molecule has 0 saturated carbocycles. The predicted molar refractivity (Wildman–Crippen MR) is 116 cm³/mol. The van der Waals surface area contributed by atoms with E-state index in [1.165, 1.54) is 7.11 Å². The van der Waals surface area contributed by atoms with Crippen LogP contribution in [0.1, 0.15) is 44.0 Å². The summed E-state index contributed by atoms with van der Waals surface area (Å²) in [7, 11) is 1.48. The highest BCUT2D eigenvalue weighted by Crippen LogP contribution is 2.24. The SMILES string of the molecule is COc1ccc(CN2CCC(Nc3cc(-c4nc(C(C)C)no4)ccn3)CC2)cc1F. The Labute approximate surface area is 181 Å². The maximum absolute atomic E-state index is 13.9. The van der Waals surface area contributed by atoms with Crippen LogP contribution in [-0.4, -0.2) is 46.3 Å². The third-order valence-corrected chi connectivity index (χ3v) is 5.53. The van der Waals surface area contributed by atoms with E-state index >= 15 is 0 Å². The van der Waals surface area contributed by atoms with Crippen LogP contribution in [0.25, 0.3) is 11.5 Å². The normalized spacial score (nSPS) is 15.4. The molecule has 1 aromatic carbocycles. The number of rotatable bonds is 7. The van der Waals surface area contributed by atoms with Gasteiger partial charge in [0.2, 0.25) is 0 Å². The largest absolute Gasteiger partial charge is 0.494 e. The van der Waals surface area contributed by atoms with Crippen molar-refractivity contribution in [3.05, 3.63) is 53.7 Å². The highest BCUT2D eigenvalue weighted by molar-refractivity contribution is 5.58. The average Bonchev–Trinajstić information content (AvgIpc) is 3.26. The Kier molecular flexibility index (Phi) is 6.46. The van der Waals surface area contributed by atoms with E-state index in [4.69, 9.17) is 9.26 Å². The third-order valence-electron chi connectivity index (χ3n) is 5.53. The number of halogens is 1. The number of hydrogen-bond acceptors (Lipinski definition) is 7. The molecule has 7 nitrogen and oxygen atoms in total. The molecule has 1 aliphatic rings. The van der Waals surface area contributed by atoms with Gasteiger partial charge in [0.1, 0.15) is 5.82 Å². The molecule has 4 rings (SSSR count). The van der Waals surface area contributed by atoms with Gasteiger partial charge in [-0.15, -0.1) is 0 Å². The van der Waals surface area contributed by atoms with Crippen molar-refractivity contribution in [1.29, 1.82) is 0 Å². The van der Waals surface area contributed by atoms with Crippen molar-refractivity contribution >= 4 is 5.82 Å². The molecule has 0 bridgehead atoms. The fourth-order valence-electron chi connectivity index (χ4n) is 3.74. The summed E-state index contributed by atoms with van der Waals surface area (Å²) in [6.07, 6.45) is 3.73. The van der Waals surface area contributed by atoms with Crippen LogP contribution >= 0.6 is 0 Å². The summed E-state index contributed by atoms with van der Waals surface area (Å²) < 4.78 is 24.3. The van der Waals surface area contributed by atoms with Crippen molar-refractivity contribution in [1.82, 2.24) is 20.0 Å². The number of hydrogen-bond donors (Lipinski definition) is 1. The average molecular weight is 426 g/mol. The minimum absolute atomic E-state index is 0.219. The Balaban J connectivity index is 1.32. The molecular weight excluding hydrogens is 397 g/mol. The fourth-order valence-corrected chi connectivity index (χ4v) is 3.74. The van der Waals surface area contributed by atoms with E-state index in [0.29, 0.717) is 17.8 Å².